The van der Waals surface area contributed by atoms with E-state index in [4.69, 9.17) is 0 Å². The highest BCUT2D eigenvalue weighted by Gasteiger charge is 2.59. The molecule has 3 saturated carbocycles. The van der Waals surface area contributed by atoms with E-state index in [0.29, 0.717) is 23.3 Å². The molecule has 0 heterocycles. The van der Waals surface area contributed by atoms with Gasteiger partial charge in [-0.2, -0.15) is 13.2 Å². The molecular weight excluding hydrogens is 413 g/mol. The Kier molecular flexibility index (Phi) is 5.18. The van der Waals surface area contributed by atoms with Crippen LogP contribution in [-0.4, -0.2) is 22.4 Å². The Balaban J connectivity index is 1.42. The second kappa shape index (κ2) is 7.46. The number of alkyl halides is 3. The fourth-order valence-corrected chi connectivity index (χ4v) is 7.62. The van der Waals surface area contributed by atoms with Gasteiger partial charge in [-0.3, -0.25) is 0 Å². The molecule has 3 fully saturated rings. The maximum absolute atomic E-state index is 12.9. The van der Waals surface area contributed by atoms with Crippen LogP contribution >= 0.6 is 0 Å². The van der Waals surface area contributed by atoms with Crippen LogP contribution in [0, 0.1) is 28.6 Å². The summed E-state index contributed by atoms with van der Waals surface area (Å²) in [6.07, 6.45) is 5.73. The lowest BCUT2D eigenvalue weighted by molar-refractivity contribution is -0.137. The van der Waals surface area contributed by atoms with Gasteiger partial charge in [-0.05, 0) is 91.4 Å². The van der Waals surface area contributed by atoms with Gasteiger partial charge in [-0.25, -0.2) is 0 Å². The van der Waals surface area contributed by atoms with Crippen molar-refractivity contribution in [2.75, 3.05) is 0 Å². The molecule has 0 aromatic heterocycles. The second-order valence-corrected chi connectivity index (χ2v) is 11.1. The van der Waals surface area contributed by atoms with E-state index < -0.39 is 17.8 Å². The van der Waals surface area contributed by atoms with Crippen LogP contribution in [0.25, 0.3) is 6.08 Å². The molecule has 0 aliphatic heterocycles. The van der Waals surface area contributed by atoms with Gasteiger partial charge in [-0.1, -0.05) is 43.7 Å². The Bertz CT molecular complexity index is 947. The normalized spacial score (nSPS) is 42.8. The van der Waals surface area contributed by atoms with E-state index in [0.717, 1.165) is 62.7 Å². The molecule has 0 saturated heterocycles. The molecule has 1 aromatic rings. The zero-order chi connectivity index (χ0) is 22.9. The van der Waals surface area contributed by atoms with E-state index in [-0.39, 0.29) is 16.9 Å². The molecule has 174 valence electrons. The van der Waals surface area contributed by atoms with E-state index in [1.165, 1.54) is 17.7 Å². The quantitative estimate of drug-likeness (QED) is 0.491. The van der Waals surface area contributed by atoms with Gasteiger partial charge in [0.15, 0.2) is 0 Å². The predicted octanol–water partition coefficient (Wildman–Crippen LogP) is 6.38. The van der Waals surface area contributed by atoms with Crippen molar-refractivity contribution in [2.45, 2.75) is 77.2 Å². The number of halogens is 3. The summed E-state index contributed by atoms with van der Waals surface area (Å²) in [4.78, 5) is 0. The number of hydrogen-bond donors (Lipinski definition) is 2. The zero-order valence-corrected chi connectivity index (χ0v) is 18.8. The third-order valence-corrected chi connectivity index (χ3v) is 9.54. The lowest BCUT2D eigenvalue weighted by atomic mass is 9.48. The average molecular weight is 447 g/mol. The first-order valence-corrected chi connectivity index (χ1v) is 12.0. The van der Waals surface area contributed by atoms with Crippen molar-refractivity contribution >= 4 is 6.08 Å². The molecule has 5 heteroatoms. The molecule has 2 N–H and O–H groups in total. The standard InChI is InChI=1S/C27H33F3O2/c1-25-11-9-20(31)15-19(25)7-8-21-22(25)10-12-26(2)23(21)14-17(24(26)32)13-16-3-5-18(6-4-16)27(28,29)30/h3-7,13,20-24,31-32H,8-12,14-15H2,1-2H3/b17-13+/t20-,21+,22-,23-,24-,25+,26+/m1/s1. The number of benzene rings is 1. The van der Waals surface area contributed by atoms with Gasteiger partial charge in [0.05, 0.1) is 17.8 Å². The highest BCUT2D eigenvalue weighted by atomic mass is 19.4. The minimum atomic E-state index is -4.34. The molecule has 4 aliphatic rings. The lowest BCUT2D eigenvalue weighted by Gasteiger charge is -2.57. The van der Waals surface area contributed by atoms with E-state index in [1.807, 2.05) is 6.08 Å². The maximum atomic E-state index is 12.9. The summed E-state index contributed by atoms with van der Waals surface area (Å²) in [7, 11) is 0. The predicted molar refractivity (Wildman–Crippen MR) is 119 cm³/mol. The molecule has 0 amide bonds. The van der Waals surface area contributed by atoms with Crippen LogP contribution in [-0.2, 0) is 6.18 Å². The van der Waals surface area contributed by atoms with Gasteiger partial charge in [0.1, 0.15) is 0 Å². The van der Waals surface area contributed by atoms with Crippen LogP contribution in [0.15, 0.2) is 41.5 Å². The van der Waals surface area contributed by atoms with Crippen LogP contribution in [0.5, 0.6) is 0 Å². The first-order chi connectivity index (χ1) is 15.0. The first-order valence-electron chi connectivity index (χ1n) is 12.0. The Morgan fingerprint density at radius 2 is 1.69 bits per heavy atom. The summed E-state index contributed by atoms with van der Waals surface area (Å²) in [5.74, 6) is 1.45. The van der Waals surface area contributed by atoms with Crippen molar-refractivity contribution in [3.05, 3.63) is 52.6 Å². The van der Waals surface area contributed by atoms with E-state index >= 15 is 0 Å². The largest absolute Gasteiger partial charge is 0.416 e. The van der Waals surface area contributed by atoms with Crippen LogP contribution in [0.4, 0.5) is 13.2 Å². The van der Waals surface area contributed by atoms with Gasteiger partial charge in [0, 0.05) is 5.41 Å². The Hall–Kier alpha value is -1.59. The Morgan fingerprint density at radius 1 is 0.969 bits per heavy atom. The van der Waals surface area contributed by atoms with E-state index in [9.17, 15) is 23.4 Å². The second-order valence-electron chi connectivity index (χ2n) is 11.1. The third-order valence-electron chi connectivity index (χ3n) is 9.54. The summed E-state index contributed by atoms with van der Waals surface area (Å²) < 4.78 is 38.7. The van der Waals surface area contributed by atoms with Crippen molar-refractivity contribution in [3.8, 4) is 0 Å². The fraction of sp³-hybridized carbons (Fsp3) is 0.630. The van der Waals surface area contributed by atoms with Crippen molar-refractivity contribution in [2.24, 2.45) is 28.6 Å². The molecule has 32 heavy (non-hydrogen) atoms. The number of allylic oxidation sites excluding steroid dienone is 1. The van der Waals surface area contributed by atoms with Crippen molar-refractivity contribution in [3.63, 3.8) is 0 Å². The molecule has 5 rings (SSSR count). The summed E-state index contributed by atoms with van der Waals surface area (Å²) in [6.45, 7) is 4.59. The summed E-state index contributed by atoms with van der Waals surface area (Å²) in [5, 5.41) is 21.5. The zero-order valence-electron chi connectivity index (χ0n) is 18.8. The minimum Gasteiger partial charge on any atom is -0.393 e. The molecule has 0 bridgehead atoms. The van der Waals surface area contributed by atoms with Crippen LogP contribution in [0.3, 0.4) is 0 Å². The van der Waals surface area contributed by atoms with Gasteiger partial charge in [-0.15, -0.1) is 0 Å². The minimum absolute atomic E-state index is 0.147. The highest BCUT2D eigenvalue weighted by Crippen LogP contribution is 2.65. The van der Waals surface area contributed by atoms with E-state index in [2.05, 4.69) is 19.9 Å². The number of aliphatic hydroxyl groups is 2. The third kappa shape index (κ3) is 3.38. The molecular formula is C27H33F3O2. The van der Waals surface area contributed by atoms with Crippen molar-refractivity contribution in [1.82, 2.24) is 0 Å². The van der Waals surface area contributed by atoms with E-state index in [1.54, 1.807) is 0 Å². The summed E-state index contributed by atoms with van der Waals surface area (Å²) in [5.41, 5.74) is 2.41. The van der Waals surface area contributed by atoms with Gasteiger partial charge < -0.3 is 10.2 Å². The van der Waals surface area contributed by atoms with Crippen molar-refractivity contribution < 1.29 is 23.4 Å². The first kappa shape index (κ1) is 22.2. The lowest BCUT2D eigenvalue weighted by Crippen LogP contribution is -2.51. The number of fused-ring (bicyclic) bond motifs is 5. The van der Waals surface area contributed by atoms with Crippen molar-refractivity contribution in [1.29, 1.82) is 0 Å². The fourth-order valence-electron chi connectivity index (χ4n) is 7.62. The topological polar surface area (TPSA) is 40.5 Å². The number of hydrogen-bond acceptors (Lipinski definition) is 2. The van der Waals surface area contributed by atoms with Crippen LogP contribution in [0.2, 0.25) is 0 Å². The van der Waals surface area contributed by atoms with Gasteiger partial charge in [0.25, 0.3) is 0 Å². The molecule has 0 spiro atoms. The maximum Gasteiger partial charge on any atom is 0.416 e. The molecule has 0 unspecified atom stereocenters. The highest BCUT2D eigenvalue weighted by molar-refractivity contribution is 5.56. The SMILES string of the molecule is C[C@]12CC[C@@H]3[C@H](CC=C4C[C@H](O)CC[C@@]43C)[C@H]1C/C(=C\c1ccc(C(F)(F)F)cc1)[C@H]2O. The Morgan fingerprint density at radius 3 is 2.38 bits per heavy atom. The molecule has 2 nitrogen and oxygen atoms in total. The molecule has 1 aromatic carbocycles. The monoisotopic (exact) mass is 446 g/mol. The summed E-state index contributed by atoms with van der Waals surface area (Å²) >= 11 is 0. The molecule has 7 atom stereocenters. The Labute approximate surface area is 188 Å². The van der Waals surface area contributed by atoms with Crippen LogP contribution < -0.4 is 0 Å². The van der Waals surface area contributed by atoms with Crippen LogP contribution in [0.1, 0.15) is 69.9 Å². The van der Waals surface area contributed by atoms with Gasteiger partial charge >= 0.3 is 6.18 Å². The molecule has 4 aliphatic carbocycles. The van der Waals surface area contributed by atoms with Gasteiger partial charge in [0.2, 0.25) is 0 Å². The number of aliphatic hydroxyl groups excluding tert-OH is 2. The number of rotatable bonds is 1. The smallest absolute Gasteiger partial charge is 0.393 e. The summed E-state index contributed by atoms with van der Waals surface area (Å²) in [6, 6.07) is 5.23. The average Bonchev–Trinajstić information content (AvgIpc) is 2.99. The molecule has 0 radical (unpaired) electrons.